The number of rotatable bonds is 6. The number of hydrogen-bond acceptors (Lipinski definition) is 6. The maximum atomic E-state index is 5.61. The van der Waals surface area contributed by atoms with Gasteiger partial charge in [0.15, 0.2) is 5.01 Å². The quantitative estimate of drug-likeness (QED) is 0.870. The summed E-state index contributed by atoms with van der Waals surface area (Å²) < 4.78 is 11.0. The molecule has 0 spiro atoms. The summed E-state index contributed by atoms with van der Waals surface area (Å²) in [5.41, 5.74) is 0. The lowest BCUT2D eigenvalue weighted by Crippen LogP contribution is -1.95. The van der Waals surface area contributed by atoms with E-state index in [1.807, 2.05) is 38.2 Å². The predicted molar refractivity (Wildman–Crippen MR) is 71.4 cm³/mol. The van der Waals surface area contributed by atoms with Crippen molar-refractivity contribution in [2.75, 3.05) is 19.0 Å². The molecule has 1 aromatic heterocycles. The third-order valence-corrected chi connectivity index (χ3v) is 3.09. The second kappa shape index (κ2) is 6.20. The molecular weight excluding hydrogens is 250 g/mol. The van der Waals surface area contributed by atoms with E-state index in [0.717, 1.165) is 21.6 Å². The van der Waals surface area contributed by atoms with E-state index in [9.17, 15) is 0 Å². The number of nitrogens with one attached hydrogen (secondary N) is 1. The van der Waals surface area contributed by atoms with E-state index in [1.54, 1.807) is 0 Å². The van der Waals surface area contributed by atoms with Crippen molar-refractivity contribution in [1.82, 2.24) is 10.2 Å². The van der Waals surface area contributed by atoms with Gasteiger partial charge in [-0.15, -0.1) is 10.2 Å². The van der Waals surface area contributed by atoms with E-state index in [-0.39, 0.29) is 0 Å². The van der Waals surface area contributed by atoms with Crippen LogP contribution in [0.4, 0.5) is 5.13 Å². The van der Waals surface area contributed by atoms with E-state index in [4.69, 9.17) is 9.47 Å². The highest BCUT2D eigenvalue weighted by atomic mass is 32.1. The maximum absolute atomic E-state index is 5.61. The molecule has 0 radical (unpaired) electrons. The molecule has 0 unspecified atom stereocenters. The van der Waals surface area contributed by atoms with Crippen LogP contribution in [0.1, 0.15) is 11.9 Å². The summed E-state index contributed by atoms with van der Waals surface area (Å²) in [6, 6.07) is 7.53. The molecule has 0 aliphatic rings. The molecular formula is C12H15N3O2S. The highest BCUT2D eigenvalue weighted by Gasteiger charge is 2.03. The molecule has 0 aliphatic heterocycles. The van der Waals surface area contributed by atoms with Gasteiger partial charge in [-0.1, -0.05) is 11.3 Å². The summed E-state index contributed by atoms with van der Waals surface area (Å²) in [4.78, 5) is 0. The van der Waals surface area contributed by atoms with Gasteiger partial charge in [0.05, 0.1) is 6.61 Å². The Morgan fingerprint density at radius 2 is 1.78 bits per heavy atom. The van der Waals surface area contributed by atoms with Gasteiger partial charge in [0.1, 0.15) is 18.1 Å². The minimum atomic E-state index is 0.424. The van der Waals surface area contributed by atoms with Crippen LogP contribution in [0.3, 0.4) is 0 Å². The van der Waals surface area contributed by atoms with Crippen molar-refractivity contribution in [1.29, 1.82) is 0 Å². The molecule has 5 nitrogen and oxygen atoms in total. The van der Waals surface area contributed by atoms with Crippen LogP contribution in [0.5, 0.6) is 11.5 Å². The van der Waals surface area contributed by atoms with Gasteiger partial charge in [-0.3, -0.25) is 0 Å². The Bertz CT molecular complexity index is 484. The van der Waals surface area contributed by atoms with Crippen LogP contribution in [0.15, 0.2) is 24.3 Å². The lowest BCUT2D eigenvalue weighted by molar-refractivity contribution is 0.302. The molecule has 1 aromatic carbocycles. The van der Waals surface area contributed by atoms with Crippen molar-refractivity contribution in [3.63, 3.8) is 0 Å². The fourth-order valence-electron chi connectivity index (χ4n) is 1.36. The molecule has 0 saturated heterocycles. The standard InChI is InChI=1S/C12H15N3O2S/c1-3-16-9-4-6-10(7-5-9)17-8-11-14-15-12(13-2)18-11/h4-7H,3,8H2,1-2H3,(H,13,15). The van der Waals surface area contributed by atoms with Gasteiger partial charge in [-0.2, -0.15) is 0 Å². The molecule has 0 aliphatic carbocycles. The average molecular weight is 265 g/mol. The summed E-state index contributed by atoms with van der Waals surface area (Å²) in [6.07, 6.45) is 0. The Morgan fingerprint density at radius 1 is 1.11 bits per heavy atom. The summed E-state index contributed by atoms with van der Waals surface area (Å²) in [7, 11) is 1.82. The molecule has 0 fully saturated rings. The Kier molecular flexibility index (Phi) is 4.35. The smallest absolute Gasteiger partial charge is 0.205 e. The Labute approximate surface area is 110 Å². The number of anilines is 1. The van der Waals surface area contributed by atoms with E-state index in [2.05, 4.69) is 15.5 Å². The van der Waals surface area contributed by atoms with Gasteiger partial charge in [-0.25, -0.2) is 0 Å². The van der Waals surface area contributed by atoms with Crippen LogP contribution >= 0.6 is 11.3 Å². The lowest BCUT2D eigenvalue weighted by atomic mass is 10.3. The first-order valence-corrected chi connectivity index (χ1v) is 6.49. The summed E-state index contributed by atoms with van der Waals surface area (Å²) in [5.74, 6) is 1.64. The highest BCUT2D eigenvalue weighted by molar-refractivity contribution is 7.15. The van der Waals surface area contributed by atoms with Crippen LogP contribution in [0, 0.1) is 0 Å². The van der Waals surface area contributed by atoms with Crippen LogP contribution in [-0.2, 0) is 6.61 Å². The molecule has 0 amide bonds. The Hall–Kier alpha value is -1.82. The van der Waals surface area contributed by atoms with Crippen LogP contribution in [0.25, 0.3) is 0 Å². The molecule has 1 N–H and O–H groups in total. The fourth-order valence-corrected chi connectivity index (χ4v) is 1.96. The normalized spacial score (nSPS) is 10.1. The van der Waals surface area contributed by atoms with E-state index >= 15 is 0 Å². The number of benzene rings is 1. The zero-order valence-corrected chi connectivity index (χ0v) is 11.2. The molecule has 1 heterocycles. The molecule has 2 rings (SSSR count). The molecule has 6 heteroatoms. The second-order valence-electron chi connectivity index (χ2n) is 3.44. The molecule has 2 aromatic rings. The molecule has 0 atom stereocenters. The van der Waals surface area contributed by atoms with Crippen molar-refractivity contribution in [3.8, 4) is 11.5 Å². The summed E-state index contributed by atoms with van der Waals surface area (Å²) >= 11 is 1.48. The van der Waals surface area contributed by atoms with Gasteiger partial charge in [-0.05, 0) is 31.2 Å². The minimum Gasteiger partial charge on any atom is -0.494 e. The van der Waals surface area contributed by atoms with E-state index in [0.29, 0.717) is 13.2 Å². The van der Waals surface area contributed by atoms with Gasteiger partial charge in [0.2, 0.25) is 5.13 Å². The van der Waals surface area contributed by atoms with Crippen LogP contribution in [-0.4, -0.2) is 23.9 Å². The molecule has 0 saturated carbocycles. The maximum Gasteiger partial charge on any atom is 0.205 e. The third-order valence-electron chi connectivity index (χ3n) is 2.18. The van der Waals surface area contributed by atoms with Crippen molar-refractivity contribution in [3.05, 3.63) is 29.3 Å². The summed E-state index contributed by atoms with van der Waals surface area (Å²) in [5, 5.41) is 12.5. The average Bonchev–Trinajstić information content (AvgIpc) is 2.86. The Balaban J connectivity index is 1.89. The first-order valence-electron chi connectivity index (χ1n) is 5.67. The van der Waals surface area contributed by atoms with Crippen molar-refractivity contribution in [2.24, 2.45) is 0 Å². The number of hydrogen-bond donors (Lipinski definition) is 1. The first-order chi connectivity index (χ1) is 8.81. The number of nitrogens with zero attached hydrogens (tertiary/aromatic N) is 2. The summed E-state index contributed by atoms with van der Waals surface area (Å²) in [6.45, 7) is 3.05. The van der Waals surface area contributed by atoms with E-state index < -0.39 is 0 Å². The van der Waals surface area contributed by atoms with Gasteiger partial charge < -0.3 is 14.8 Å². The SMILES string of the molecule is CCOc1ccc(OCc2nnc(NC)s2)cc1. The lowest BCUT2D eigenvalue weighted by Gasteiger charge is -2.05. The predicted octanol–water partition coefficient (Wildman–Crippen LogP) is 2.56. The Morgan fingerprint density at radius 3 is 2.33 bits per heavy atom. The zero-order chi connectivity index (χ0) is 12.8. The van der Waals surface area contributed by atoms with Gasteiger partial charge in [0.25, 0.3) is 0 Å². The third kappa shape index (κ3) is 3.33. The topological polar surface area (TPSA) is 56.3 Å². The van der Waals surface area contributed by atoms with Crippen molar-refractivity contribution < 1.29 is 9.47 Å². The van der Waals surface area contributed by atoms with Crippen LogP contribution in [0.2, 0.25) is 0 Å². The molecule has 18 heavy (non-hydrogen) atoms. The molecule has 96 valence electrons. The first kappa shape index (κ1) is 12.6. The largest absolute Gasteiger partial charge is 0.494 e. The fraction of sp³-hybridized carbons (Fsp3) is 0.333. The van der Waals surface area contributed by atoms with Gasteiger partial charge in [0, 0.05) is 7.05 Å². The van der Waals surface area contributed by atoms with Crippen LogP contribution < -0.4 is 14.8 Å². The zero-order valence-electron chi connectivity index (χ0n) is 10.3. The number of aromatic nitrogens is 2. The monoisotopic (exact) mass is 265 g/mol. The molecule has 0 bridgehead atoms. The minimum absolute atomic E-state index is 0.424. The second-order valence-corrected chi connectivity index (χ2v) is 4.51. The van der Waals surface area contributed by atoms with E-state index in [1.165, 1.54) is 11.3 Å². The highest BCUT2D eigenvalue weighted by Crippen LogP contribution is 2.20. The van der Waals surface area contributed by atoms with Gasteiger partial charge >= 0.3 is 0 Å². The number of ether oxygens (including phenoxy) is 2. The van der Waals surface area contributed by atoms with Crippen molar-refractivity contribution in [2.45, 2.75) is 13.5 Å². The van der Waals surface area contributed by atoms with Crippen molar-refractivity contribution >= 4 is 16.5 Å².